The molecule has 29 heavy (non-hydrogen) atoms. The monoisotopic (exact) mass is 397 g/mol. The number of ether oxygens (including phenoxy) is 1. The summed E-state index contributed by atoms with van der Waals surface area (Å²) >= 11 is 0. The highest BCUT2D eigenvalue weighted by Gasteiger charge is 2.36. The van der Waals surface area contributed by atoms with Gasteiger partial charge in [0.2, 0.25) is 0 Å². The average molecular weight is 397 g/mol. The molecule has 0 spiro atoms. The van der Waals surface area contributed by atoms with Gasteiger partial charge < -0.3 is 4.74 Å². The first-order valence-electron chi connectivity index (χ1n) is 10.4. The number of Topliss-reactive ketones (excluding diaryl/α,β-unsaturated/α-hetero) is 1. The number of nitrogens with zero attached hydrogens (tertiary/aromatic N) is 1. The van der Waals surface area contributed by atoms with Crippen molar-refractivity contribution in [1.82, 2.24) is 4.98 Å². The van der Waals surface area contributed by atoms with E-state index in [2.05, 4.69) is 17.1 Å². The van der Waals surface area contributed by atoms with E-state index in [0.717, 1.165) is 25.7 Å². The van der Waals surface area contributed by atoms with Crippen molar-refractivity contribution in [1.29, 1.82) is 0 Å². The summed E-state index contributed by atoms with van der Waals surface area (Å²) in [6, 6.07) is 15.4. The number of aromatic nitrogens is 1. The van der Waals surface area contributed by atoms with E-state index >= 15 is 0 Å². The smallest absolute Gasteiger partial charge is 0.316 e. The summed E-state index contributed by atoms with van der Waals surface area (Å²) in [6.07, 6.45) is 3.57. The number of carbonyl (C=O) groups excluding carboxylic acids is 2. The molecule has 0 saturated heterocycles. The Labute approximate surface area is 171 Å². The molecule has 1 atom stereocenters. The lowest BCUT2D eigenvalue weighted by molar-refractivity contribution is -0.152. The van der Waals surface area contributed by atoms with Crippen molar-refractivity contribution in [3.63, 3.8) is 0 Å². The van der Waals surface area contributed by atoms with E-state index in [1.807, 2.05) is 18.2 Å². The average Bonchev–Trinajstić information content (AvgIpc) is 2.78. The van der Waals surface area contributed by atoms with Crippen LogP contribution in [0.1, 0.15) is 55.5 Å². The minimum Gasteiger partial charge on any atom is -0.465 e. The molecule has 1 aliphatic carbocycles. The first kappa shape index (κ1) is 21.2. The standard InChI is InChI=1S/C24H28FNO3/c1-2-29-24(28)22(15-20-9-6-10-21(16-25)26-20)23(27)19-13-11-18(12-14-19)17-7-4-3-5-8-17/h3-10,18-19,22H,2,11-16H2,1H3/t18-,19-,22?. The zero-order chi connectivity index (χ0) is 20.6. The number of rotatable bonds is 8. The lowest BCUT2D eigenvalue weighted by Crippen LogP contribution is -2.35. The molecule has 1 heterocycles. The molecule has 2 aromatic rings. The third-order valence-corrected chi connectivity index (χ3v) is 5.73. The number of hydrogen-bond donors (Lipinski definition) is 0. The van der Waals surface area contributed by atoms with Crippen LogP contribution in [0.15, 0.2) is 48.5 Å². The molecule has 0 aliphatic heterocycles. The largest absolute Gasteiger partial charge is 0.465 e. The lowest BCUT2D eigenvalue weighted by atomic mass is 9.74. The Morgan fingerprint density at radius 2 is 1.72 bits per heavy atom. The molecule has 4 nitrogen and oxygen atoms in total. The van der Waals surface area contributed by atoms with Crippen LogP contribution in [0.5, 0.6) is 0 Å². The third-order valence-electron chi connectivity index (χ3n) is 5.73. The van der Waals surface area contributed by atoms with Crippen LogP contribution in [0, 0.1) is 11.8 Å². The first-order chi connectivity index (χ1) is 14.1. The van der Waals surface area contributed by atoms with E-state index in [9.17, 15) is 14.0 Å². The zero-order valence-electron chi connectivity index (χ0n) is 16.9. The maximum absolute atomic E-state index is 13.2. The fraction of sp³-hybridized carbons (Fsp3) is 0.458. The maximum Gasteiger partial charge on any atom is 0.316 e. The molecule has 1 aliphatic rings. The molecule has 1 aromatic carbocycles. The van der Waals surface area contributed by atoms with Gasteiger partial charge in [0.05, 0.1) is 12.3 Å². The fourth-order valence-corrected chi connectivity index (χ4v) is 4.19. The molecule has 0 amide bonds. The van der Waals surface area contributed by atoms with Crippen molar-refractivity contribution in [2.24, 2.45) is 11.8 Å². The third kappa shape index (κ3) is 5.49. The highest BCUT2D eigenvalue weighted by Crippen LogP contribution is 2.37. The Bertz CT molecular complexity index is 816. The van der Waals surface area contributed by atoms with E-state index < -0.39 is 18.6 Å². The fourth-order valence-electron chi connectivity index (χ4n) is 4.19. The molecule has 1 aromatic heterocycles. The van der Waals surface area contributed by atoms with Gasteiger partial charge in [-0.3, -0.25) is 14.6 Å². The van der Waals surface area contributed by atoms with Gasteiger partial charge in [-0.25, -0.2) is 4.39 Å². The Morgan fingerprint density at radius 3 is 2.38 bits per heavy atom. The molecule has 1 fully saturated rings. The number of esters is 1. The molecule has 0 bridgehead atoms. The molecule has 1 saturated carbocycles. The summed E-state index contributed by atoms with van der Waals surface area (Å²) in [6.45, 7) is 1.28. The second-order valence-electron chi connectivity index (χ2n) is 7.62. The van der Waals surface area contributed by atoms with Crippen molar-refractivity contribution in [3.05, 3.63) is 65.5 Å². The summed E-state index contributed by atoms with van der Waals surface area (Å²) in [4.78, 5) is 30.0. The first-order valence-corrected chi connectivity index (χ1v) is 10.4. The molecule has 0 N–H and O–H groups in total. The predicted molar refractivity (Wildman–Crippen MR) is 109 cm³/mol. The molecule has 5 heteroatoms. The highest BCUT2D eigenvalue weighted by molar-refractivity contribution is 6.00. The number of benzene rings is 1. The lowest BCUT2D eigenvalue weighted by Gasteiger charge is -2.29. The van der Waals surface area contributed by atoms with Gasteiger partial charge in [0.15, 0.2) is 5.78 Å². The van der Waals surface area contributed by atoms with E-state index in [1.165, 1.54) is 5.56 Å². The minimum absolute atomic E-state index is 0.0672. The number of carbonyl (C=O) groups is 2. The van der Waals surface area contributed by atoms with Crippen molar-refractivity contribution >= 4 is 11.8 Å². The molecule has 0 radical (unpaired) electrons. The number of hydrogen-bond acceptors (Lipinski definition) is 4. The quantitative estimate of drug-likeness (QED) is 0.474. The molecule has 3 rings (SSSR count). The second kappa shape index (κ2) is 10.3. The topological polar surface area (TPSA) is 56.3 Å². The Balaban J connectivity index is 1.69. The summed E-state index contributed by atoms with van der Waals surface area (Å²) < 4.78 is 18.1. The van der Waals surface area contributed by atoms with Crippen molar-refractivity contribution in [3.8, 4) is 0 Å². The maximum atomic E-state index is 13.2. The minimum atomic E-state index is -0.879. The molecule has 1 unspecified atom stereocenters. The van der Waals surface area contributed by atoms with Gasteiger partial charge in [0, 0.05) is 18.0 Å². The Hall–Kier alpha value is -2.56. The van der Waals surface area contributed by atoms with E-state index in [4.69, 9.17) is 4.74 Å². The van der Waals surface area contributed by atoms with Gasteiger partial charge in [-0.05, 0) is 56.2 Å². The van der Waals surface area contributed by atoms with Gasteiger partial charge in [-0.1, -0.05) is 36.4 Å². The molecular formula is C24H28FNO3. The van der Waals surface area contributed by atoms with Crippen LogP contribution in [0.4, 0.5) is 4.39 Å². The van der Waals surface area contributed by atoms with Crippen molar-refractivity contribution in [2.45, 2.75) is 51.6 Å². The number of pyridine rings is 1. The van der Waals surface area contributed by atoms with Gasteiger partial charge in [0.25, 0.3) is 0 Å². The number of alkyl halides is 1. The molecular weight excluding hydrogens is 369 g/mol. The van der Waals surface area contributed by atoms with Crippen LogP contribution in [0.2, 0.25) is 0 Å². The Kier molecular flexibility index (Phi) is 7.50. The summed E-state index contributed by atoms with van der Waals surface area (Å²) in [5.41, 5.74) is 2.16. The SMILES string of the molecule is CCOC(=O)C(Cc1cccc(CF)n1)C(=O)[C@H]1CC[C@H](c2ccccc2)CC1. The van der Waals surface area contributed by atoms with Crippen LogP contribution in [0.3, 0.4) is 0 Å². The van der Waals surface area contributed by atoms with Crippen LogP contribution >= 0.6 is 0 Å². The van der Waals surface area contributed by atoms with Crippen LogP contribution < -0.4 is 0 Å². The predicted octanol–water partition coefficient (Wildman–Crippen LogP) is 4.82. The summed E-state index contributed by atoms with van der Waals surface area (Å²) in [5.74, 6) is -1.13. The van der Waals surface area contributed by atoms with Gasteiger partial charge in [-0.15, -0.1) is 0 Å². The van der Waals surface area contributed by atoms with Crippen LogP contribution in [-0.2, 0) is 27.4 Å². The molecule has 154 valence electrons. The van der Waals surface area contributed by atoms with E-state index in [0.29, 0.717) is 17.3 Å². The number of ketones is 1. The van der Waals surface area contributed by atoms with Gasteiger partial charge in [-0.2, -0.15) is 0 Å². The van der Waals surface area contributed by atoms with Crippen molar-refractivity contribution < 1.29 is 18.7 Å². The van der Waals surface area contributed by atoms with Crippen LogP contribution in [0.25, 0.3) is 0 Å². The normalized spacial score (nSPS) is 20.1. The number of halogens is 1. The highest BCUT2D eigenvalue weighted by atomic mass is 19.1. The van der Waals surface area contributed by atoms with Gasteiger partial charge in [0.1, 0.15) is 12.6 Å². The second-order valence-corrected chi connectivity index (χ2v) is 7.62. The Morgan fingerprint density at radius 1 is 1.03 bits per heavy atom. The zero-order valence-corrected chi connectivity index (χ0v) is 16.9. The van der Waals surface area contributed by atoms with E-state index in [1.54, 1.807) is 25.1 Å². The summed E-state index contributed by atoms with van der Waals surface area (Å²) in [7, 11) is 0. The summed E-state index contributed by atoms with van der Waals surface area (Å²) in [5, 5.41) is 0. The van der Waals surface area contributed by atoms with E-state index in [-0.39, 0.29) is 24.7 Å². The van der Waals surface area contributed by atoms with Crippen LogP contribution in [-0.4, -0.2) is 23.3 Å². The van der Waals surface area contributed by atoms with Crippen molar-refractivity contribution in [2.75, 3.05) is 6.61 Å². The van der Waals surface area contributed by atoms with Gasteiger partial charge >= 0.3 is 5.97 Å².